The van der Waals surface area contributed by atoms with E-state index < -0.39 is 33.1 Å². The van der Waals surface area contributed by atoms with Gasteiger partial charge < -0.3 is 5.11 Å². The van der Waals surface area contributed by atoms with Crippen LogP contribution < -0.4 is 4.72 Å². The Morgan fingerprint density at radius 3 is 2.50 bits per heavy atom. The van der Waals surface area contributed by atoms with Crippen LogP contribution in [0.1, 0.15) is 10.4 Å². The molecule has 0 unspecified atom stereocenters. The molecule has 0 aromatic heterocycles. The molecule has 0 aliphatic heterocycles. The molecule has 2 N–H and O–H groups in total. The molecule has 1 aromatic carbocycles. The number of carboxylic acids is 1. The summed E-state index contributed by atoms with van der Waals surface area (Å²) >= 11 is 5.46. The number of carboxylic acid groups (broad SMARTS) is 1. The fourth-order valence-electron chi connectivity index (χ4n) is 1.03. The number of hydrogen-bond donors (Lipinski definition) is 2. The van der Waals surface area contributed by atoms with Gasteiger partial charge in [-0.25, -0.2) is 17.6 Å². The summed E-state index contributed by atoms with van der Waals surface area (Å²) in [4.78, 5) is 10.8. The van der Waals surface area contributed by atoms with Crippen molar-refractivity contribution in [3.05, 3.63) is 28.5 Å². The van der Waals surface area contributed by atoms with Gasteiger partial charge in [0.25, 0.3) is 0 Å². The minimum absolute atomic E-state index is 0.131. The van der Waals surface area contributed by atoms with Crippen molar-refractivity contribution in [2.75, 3.05) is 11.0 Å². The van der Waals surface area contributed by atoms with Crippen LogP contribution in [-0.2, 0) is 10.0 Å². The first-order valence-electron chi connectivity index (χ1n) is 3.91. The van der Waals surface area contributed by atoms with Crippen LogP contribution in [0.2, 0.25) is 5.02 Å². The summed E-state index contributed by atoms with van der Waals surface area (Å²) in [5, 5.41) is 8.62. The maximum absolute atomic E-state index is 13.3. The molecule has 8 heteroatoms. The molecule has 0 aliphatic rings. The van der Waals surface area contributed by atoms with E-state index in [1.54, 1.807) is 4.72 Å². The molecule has 0 aliphatic carbocycles. The van der Waals surface area contributed by atoms with Gasteiger partial charge in [-0.3, -0.25) is 4.72 Å². The molecule has 0 saturated heterocycles. The van der Waals surface area contributed by atoms with Crippen LogP contribution in [0.15, 0.2) is 12.1 Å². The highest BCUT2D eigenvalue weighted by Gasteiger charge is 2.18. The fourth-order valence-corrected chi connectivity index (χ4v) is 1.81. The Morgan fingerprint density at radius 1 is 1.50 bits per heavy atom. The predicted octanol–water partition coefficient (Wildman–Crippen LogP) is 1.55. The first kappa shape index (κ1) is 12.7. The lowest BCUT2D eigenvalue weighted by Gasteiger charge is -2.09. The zero-order valence-corrected chi connectivity index (χ0v) is 9.56. The van der Waals surface area contributed by atoms with Crippen LogP contribution in [0, 0.1) is 5.82 Å². The topological polar surface area (TPSA) is 83.5 Å². The zero-order chi connectivity index (χ0) is 12.5. The average molecular weight is 268 g/mol. The second kappa shape index (κ2) is 4.26. The molecule has 0 saturated carbocycles. The number of aromatic carboxylic acids is 1. The summed E-state index contributed by atoms with van der Waals surface area (Å²) < 4.78 is 36.9. The van der Waals surface area contributed by atoms with E-state index in [0.717, 1.165) is 18.4 Å². The summed E-state index contributed by atoms with van der Waals surface area (Å²) in [6.07, 6.45) is 0.784. The lowest BCUT2D eigenvalue weighted by Crippen LogP contribution is -2.14. The monoisotopic (exact) mass is 267 g/mol. The molecule has 0 spiro atoms. The van der Waals surface area contributed by atoms with Crippen LogP contribution in [-0.4, -0.2) is 25.7 Å². The van der Waals surface area contributed by atoms with Gasteiger partial charge in [-0.05, 0) is 12.1 Å². The molecule has 0 atom stereocenters. The van der Waals surface area contributed by atoms with Crippen molar-refractivity contribution in [3.8, 4) is 0 Å². The normalized spacial score (nSPS) is 11.2. The van der Waals surface area contributed by atoms with E-state index >= 15 is 0 Å². The minimum Gasteiger partial charge on any atom is -0.478 e. The summed E-state index contributed by atoms with van der Waals surface area (Å²) in [5.41, 5.74) is -1.17. The first-order valence-corrected chi connectivity index (χ1v) is 6.18. The third kappa shape index (κ3) is 3.07. The average Bonchev–Trinajstić information content (AvgIpc) is 2.07. The van der Waals surface area contributed by atoms with E-state index in [9.17, 15) is 17.6 Å². The quantitative estimate of drug-likeness (QED) is 0.870. The number of anilines is 1. The van der Waals surface area contributed by atoms with Gasteiger partial charge in [0.2, 0.25) is 10.0 Å². The highest BCUT2D eigenvalue weighted by atomic mass is 35.5. The molecule has 0 fully saturated rings. The van der Waals surface area contributed by atoms with Gasteiger partial charge in [0.1, 0.15) is 5.82 Å². The van der Waals surface area contributed by atoms with Crippen molar-refractivity contribution in [1.82, 2.24) is 0 Å². The lowest BCUT2D eigenvalue weighted by atomic mass is 10.2. The molecule has 1 rings (SSSR count). The van der Waals surface area contributed by atoms with Gasteiger partial charge in [-0.2, -0.15) is 0 Å². The number of hydrogen-bond acceptors (Lipinski definition) is 3. The van der Waals surface area contributed by atoms with Crippen LogP contribution in [0.5, 0.6) is 0 Å². The second-order valence-electron chi connectivity index (χ2n) is 2.99. The maximum Gasteiger partial charge on any atom is 0.337 e. The van der Waals surface area contributed by atoms with Gasteiger partial charge in [0.05, 0.1) is 17.5 Å². The van der Waals surface area contributed by atoms with E-state index in [-0.39, 0.29) is 5.02 Å². The van der Waals surface area contributed by atoms with Crippen LogP contribution >= 0.6 is 11.6 Å². The van der Waals surface area contributed by atoms with E-state index in [1.165, 1.54) is 0 Å². The highest BCUT2D eigenvalue weighted by molar-refractivity contribution is 7.92. The van der Waals surface area contributed by atoms with E-state index in [2.05, 4.69) is 0 Å². The van der Waals surface area contributed by atoms with Crippen molar-refractivity contribution in [3.63, 3.8) is 0 Å². The molecule has 0 bridgehead atoms. The number of rotatable bonds is 3. The number of nitrogens with one attached hydrogen (secondary N) is 1. The summed E-state index contributed by atoms with van der Waals surface area (Å²) in [7, 11) is -3.76. The maximum atomic E-state index is 13.3. The molecule has 16 heavy (non-hydrogen) atoms. The second-order valence-corrected chi connectivity index (χ2v) is 5.17. The van der Waals surface area contributed by atoms with Gasteiger partial charge in [-0.15, -0.1) is 0 Å². The van der Waals surface area contributed by atoms with E-state index in [1.807, 2.05) is 0 Å². The SMILES string of the molecule is CS(=O)(=O)Nc1c(F)cc(Cl)cc1C(=O)O. The van der Waals surface area contributed by atoms with Crippen LogP contribution in [0.4, 0.5) is 10.1 Å². The summed E-state index contributed by atoms with van der Waals surface area (Å²) in [5.74, 6) is -2.53. The van der Waals surface area contributed by atoms with E-state index in [4.69, 9.17) is 16.7 Å². The van der Waals surface area contributed by atoms with Gasteiger partial charge in [-0.1, -0.05) is 11.6 Å². The van der Waals surface area contributed by atoms with Gasteiger partial charge in [0, 0.05) is 5.02 Å². The molecule has 0 radical (unpaired) electrons. The molecular formula is C8H7ClFNO4S. The minimum atomic E-state index is -3.76. The van der Waals surface area contributed by atoms with E-state index in [0.29, 0.717) is 0 Å². The Balaban J connectivity index is 3.41. The van der Waals surface area contributed by atoms with Gasteiger partial charge >= 0.3 is 5.97 Å². The van der Waals surface area contributed by atoms with Crippen molar-refractivity contribution >= 4 is 33.3 Å². The Morgan fingerprint density at radius 2 is 2.06 bits per heavy atom. The Bertz CT molecular complexity index is 543. The lowest BCUT2D eigenvalue weighted by molar-refractivity contribution is 0.0697. The first-order chi connectivity index (χ1) is 7.20. The number of carbonyl (C=O) groups is 1. The number of benzene rings is 1. The molecule has 0 heterocycles. The standard InChI is InChI=1S/C8H7ClFNO4S/c1-16(14,15)11-7-5(8(12)13)2-4(9)3-6(7)10/h2-3,11H,1H3,(H,12,13). The van der Waals surface area contributed by atoms with Crippen molar-refractivity contribution in [2.24, 2.45) is 0 Å². The fraction of sp³-hybridized carbons (Fsp3) is 0.125. The molecule has 88 valence electrons. The summed E-state index contributed by atoms with van der Waals surface area (Å²) in [6, 6.07) is 1.78. The third-order valence-corrected chi connectivity index (χ3v) is 2.37. The smallest absolute Gasteiger partial charge is 0.337 e. The molecular weight excluding hydrogens is 261 g/mol. The zero-order valence-electron chi connectivity index (χ0n) is 7.99. The van der Waals surface area contributed by atoms with Crippen molar-refractivity contribution < 1.29 is 22.7 Å². The van der Waals surface area contributed by atoms with Crippen LogP contribution in [0.3, 0.4) is 0 Å². The molecule has 5 nitrogen and oxygen atoms in total. The molecule has 1 aromatic rings. The Hall–Kier alpha value is -1.34. The largest absolute Gasteiger partial charge is 0.478 e. The number of halogens is 2. The van der Waals surface area contributed by atoms with Crippen molar-refractivity contribution in [1.29, 1.82) is 0 Å². The summed E-state index contributed by atoms with van der Waals surface area (Å²) in [6.45, 7) is 0. The Labute approximate surface area is 95.9 Å². The Kier molecular flexibility index (Phi) is 3.39. The third-order valence-electron chi connectivity index (χ3n) is 1.57. The predicted molar refractivity (Wildman–Crippen MR) is 56.8 cm³/mol. The van der Waals surface area contributed by atoms with Crippen molar-refractivity contribution in [2.45, 2.75) is 0 Å². The van der Waals surface area contributed by atoms with Crippen LogP contribution in [0.25, 0.3) is 0 Å². The number of sulfonamides is 1. The highest BCUT2D eigenvalue weighted by Crippen LogP contribution is 2.25. The van der Waals surface area contributed by atoms with Gasteiger partial charge in [0.15, 0.2) is 0 Å². The molecule has 0 amide bonds.